The summed E-state index contributed by atoms with van der Waals surface area (Å²) in [7, 11) is 1.50. The lowest BCUT2D eigenvalue weighted by Gasteiger charge is -2.34. The molecule has 0 saturated heterocycles. The quantitative estimate of drug-likeness (QED) is 0.821. The second kappa shape index (κ2) is 7.55. The molecule has 0 bridgehead atoms. The molecule has 0 fully saturated rings. The van der Waals surface area contributed by atoms with Crippen molar-refractivity contribution in [1.29, 1.82) is 0 Å². The van der Waals surface area contributed by atoms with Gasteiger partial charge in [-0.05, 0) is 24.6 Å². The molecule has 2 heterocycles. The monoisotopic (exact) mass is 396 g/mol. The highest BCUT2D eigenvalue weighted by molar-refractivity contribution is 8.13. The van der Waals surface area contributed by atoms with Crippen LogP contribution in [0.1, 0.15) is 25.1 Å². The zero-order valence-electron chi connectivity index (χ0n) is 15.5. The first kappa shape index (κ1) is 18.4. The molecule has 1 amide bonds. The molecule has 0 spiro atoms. The number of hydrogen-bond donors (Lipinski definition) is 2. The number of nitrogens with one attached hydrogen (secondary N) is 1. The van der Waals surface area contributed by atoms with Crippen LogP contribution in [-0.4, -0.2) is 34.1 Å². The number of thioether (sulfide) groups is 1. The van der Waals surface area contributed by atoms with Crippen molar-refractivity contribution in [3.63, 3.8) is 0 Å². The Labute approximate surface area is 166 Å². The van der Waals surface area contributed by atoms with Gasteiger partial charge < -0.3 is 9.84 Å². The second-order valence-electron chi connectivity index (χ2n) is 6.35. The first-order valence-corrected chi connectivity index (χ1v) is 9.97. The Morgan fingerprint density at radius 3 is 2.89 bits per heavy atom. The molecule has 2 N–H and O–H groups in total. The van der Waals surface area contributed by atoms with Crippen LogP contribution in [0.5, 0.6) is 11.5 Å². The standard InChI is InChI=1S/C20H20N4O3S/c1-3-10-28-20-22-19(26)17-13-6-4-5-7-14(13)21-18(24(17)23-20)12-8-9-15(25)16(11-12)27-2/h4-9,11,18,25H,3,10H2,1-2H3,(H,22,23,26). The lowest BCUT2D eigenvalue weighted by Crippen LogP contribution is -2.50. The maximum absolute atomic E-state index is 12.9. The molecule has 4 rings (SSSR count). The molecular formula is C20H20N4O3S. The van der Waals surface area contributed by atoms with Crippen LogP contribution >= 0.6 is 11.8 Å². The van der Waals surface area contributed by atoms with E-state index in [9.17, 15) is 9.90 Å². The second-order valence-corrected chi connectivity index (χ2v) is 7.44. The van der Waals surface area contributed by atoms with Crippen LogP contribution < -0.4 is 20.6 Å². The highest BCUT2D eigenvalue weighted by atomic mass is 32.2. The van der Waals surface area contributed by atoms with Crippen molar-refractivity contribution in [3.8, 4) is 11.5 Å². The van der Waals surface area contributed by atoms with E-state index in [1.165, 1.54) is 18.9 Å². The van der Waals surface area contributed by atoms with E-state index in [1.807, 2.05) is 24.3 Å². The number of ether oxygens (including phenoxy) is 1. The summed E-state index contributed by atoms with van der Waals surface area (Å²) in [6, 6.07) is 12.6. The van der Waals surface area contributed by atoms with Crippen LogP contribution in [0.25, 0.3) is 5.70 Å². The van der Waals surface area contributed by atoms with E-state index < -0.39 is 6.17 Å². The first-order valence-electron chi connectivity index (χ1n) is 8.98. The van der Waals surface area contributed by atoms with Gasteiger partial charge in [-0.1, -0.05) is 43.0 Å². The largest absolute Gasteiger partial charge is 0.504 e. The summed E-state index contributed by atoms with van der Waals surface area (Å²) < 4.78 is 5.24. The fraction of sp³-hybridized carbons (Fsp3) is 0.250. The van der Waals surface area contributed by atoms with Crippen LogP contribution in [0, 0.1) is 0 Å². The van der Waals surface area contributed by atoms with Crippen molar-refractivity contribution in [2.24, 2.45) is 10.1 Å². The predicted molar refractivity (Wildman–Crippen MR) is 108 cm³/mol. The number of para-hydroxylation sites is 1. The van der Waals surface area contributed by atoms with Crippen molar-refractivity contribution in [1.82, 2.24) is 10.3 Å². The molecule has 0 radical (unpaired) electrons. The van der Waals surface area contributed by atoms with Crippen LogP contribution in [0.2, 0.25) is 0 Å². The van der Waals surface area contributed by atoms with Gasteiger partial charge in [-0.15, -0.1) is 5.10 Å². The Balaban J connectivity index is 1.89. The number of hydrazone groups is 1. The van der Waals surface area contributed by atoms with Crippen molar-refractivity contribution in [3.05, 3.63) is 58.6 Å². The third-order valence-corrected chi connectivity index (χ3v) is 5.53. The van der Waals surface area contributed by atoms with Gasteiger partial charge in [0, 0.05) is 16.5 Å². The molecule has 7 nitrogen and oxygen atoms in total. The molecule has 2 aromatic carbocycles. The predicted octanol–water partition coefficient (Wildman–Crippen LogP) is 1.69. The van der Waals surface area contributed by atoms with Gasteiger partial charge in [0.1, 0.15) is 5.70 Å². The third-order valence-electron chi connectivity index (χ3n) is 4.46. The maximum atomic E-state index is 12.9. The molecule has 1 unspecified atom stereocenters. The number of phenolic OH excluding ortho intramolecular Hbond substituents is 1. The number of carbonyl (C=O) groups excluding carboxylic acids is 1. The maximum Gasteiger partial charge on any atom is 0.276 e. The highest BCUT2D eigenvalue weighted by Gasteiger charge is 2.34. The molecule has 0 aromatic heterocycles. The first-order chi connectivity index (χ1) is 13.6. The van der Waals surface area contributed by atoms with E-state index in [0.717, 1.165) is 28.3 Å². The number of nitrogens with zero attached hydrogens (tertiary/aromatic N) is 3. The number of amides is 1. The molecule has 2 aromatic rings. The molecule has 28 heavy (non-hydrogen) atoms. The van der Waals surface area contributed by atoms with E-state index in [1.54, 1.807) is 23.2 Å². The summed E-state index contributed by atoms with van der Waals surface area (Å²) in [5, 5.41) is 21.2. The number of carbonyl (C=O) groups is 1. The zero-order valence-corrected chi connectivity index (χ0v) is 16.4. The molecule has 0 aliphatic carbocycles. The Hall–Kier alpha value is -3.00. The van der Waals surface area contributed by atoms with Crippen LogP contribution in [0.3, 0.4) is 0 Å². The van der Waals surface area contributed by atoms with Crippen LogP contribution in [0.4, 0.5) is 0 Å². The van der Waals surface area contributed by atoms with Gasteiger partial charge in [0.2, 0.25) is 0 Å². The Morgan fingerprint density at radius 2 is 2.11 bits per heavy atom. The van der Waals surface area contributed by atoms with Crippen molar-refractivity contribution in [2.45, 2.75) is 19.5 Å². The van der Waals surface area contributed by atoms with Gasteiger partial charge in [-0.3, -0.25) is 15.1 Å². The lowest BCUT2D eigenvalue weighted by atomic mass is 10.1. The summed E-state index contributed by atoms with van der Waals surface area (Å²) in [6.07, 6.45) is 0.435. The fourth-order valence-electron chi connectivity index (χ4n) is 3.16. The SMILES string of the molecule is CCCSC1=NN2C(=c3ccccc3=NC2c2ccc(O)c(OC)c2)C(=O)N1. The topological polar surface area (TPSA) is 86.5 Å². The molecule has 8 heteroatoms. The number of fused-ring (bicyclic) bond motifs is 2. The zero-order chi connectivity index (χ0) is 19.7. The number of hydrogen-bond acceptors (Lipinski definition) is 7. The normalized spacial score (nSPS) is 17.9. The number of amidine groups is 1. The van der Waals surface area contributed by atoms with E-state index in [0.29, 0.717) is 16.6 Å². The summed E-state index contributed by atoms with van der Waals surface area (Å²) in [5.74, 6) is 1.05. The number of rotatable bonds is 4. The van der Waals surface area contributed by atoms with E-state index in [4.69, 9.17) is 9.73 Å². The van der Waals surface area contributed by atoms with Gasteiger partial charge in [-0.2, -0.15) is 0 Å². The van der Waals surface area contributed by atoms with Crippen LogP contribution in [-0.2, 0) is 4.79 Å². The number of benzene rings is 2. The third kappa shape index (κ3) is 3.20. The van der Waals surface area contributed by atoms with Crippen molar-refractivity contribution in [2.75, 3.05) is 12.9 Å². The Bertz CT molecular complexity index is 1080. The molecule has 1 atom stereocenters. The number of phenols is 1. The molecule has 2 aliphatic rings. The molecule has 0 saturated carbocycles. The smallest absolute Gasteiger partial charge is 0.276 e. The van der Waals surface area contributed by atoms with Gasteiger partial charge >= 0.3 is 0 Å². The highest BCUT2D eigenvalue weighted by Crippen LogP contribution is 2.35. The molecule has 2 aliphatic heterocycles. The average molecular weight is 396 g/mol. The number of methoxy groups -OCH3 is 1. The summed E-state index contributed by atoms with van der Waals surface area (Å²) in [5.41, 5.74) is 1.23. The summed E-state index contributed by atoms with van der Waals surface area (Å²) >= 11 is 1.50. The minimum Gasteiger partial charge on any atom is -0.504 e. The van der Waals surface area contributed by atoms with Gasteiger partial charge in [0.15, 0.2) is 22.8 Å². The summed E-state index contributed by atoms with van der Waals surface area (Å²) in [4.78, 5) is 17.8. The van der Waals surface area contributed by atoms with E-state index in [2.05, 4.69) is 17.3 Å². The van der Waals surface area contributed by atoms with Gasteiger partial charge in [0.05, 0.1) is 12.5 Å². The van der Waals surface area contributed by atoms with Crippen molar-refractivity contribution < 1.29 is 14.6 Å². The van der Waals surface area contributed by atoms with Gasteiger partial charge in [0.25, 0.3) is 5.91 Å². The minimum atomic E-state index is -0.539. The molecular weight excluding hydrogens is 376 g/mol. The number of aromatic hydroxyl groups is 1. The van der Waals surface area contributed by atoms with Gasteiger partial charge in [-0.25, -0.2) is 5.01 Å². The lowest BCUT2D eigenvalue weighted by molar-refractivity contribution is -0.116. The average Bonchev–Trinajstić information content (AvgIpc) is 2.71. The minimum absolute atomic E-state index is 0.0470. The molecule has 144 valence electrons. The fourth-order valence-corrected chi connectivity index (χ4v) is 3.87. The summed E-state index contributed by atoms with van der Waals surface area (Å²) in [6.45, 7) is 2.08. The van der Waals surface area contributed by atoms with E-state index in [-0.39, 0.29) is 11.7 Å². The van der Waals surface area contributed by atoms with Crippen LogP contribution in [0.15, 0.2) is 52.6 Å². The van der Waals surface area contributed by atoms with E-state index >= 15 is 0 Å². The van der Waals surface area contributed by atoms with Crippen molar-refractivity contribution >= 4 is 28.5 Å². The Kier molecular flexibility index (Phi) is 4.95. The Morgan fingerprint density at radius 1 is 1.29 bits per heavy atom.